The highest BCUT2D eigenvalue weighted by atomic mass is 31.2. The maximum Gasteiger partial charge on any atom is 0.472 e. The van der Waals surface area contributed by atoms with Crippen LogP contribution in [0.2, 0.25) is 0 Å². The maximum absolute atomic E-state index is 12.8. The van der Waals surface area contributed by atoms with Crippen LogP contribution in [0.5, 0.6) is 0 Å². The van der Waals surface area contributed by atoms with Gasteiger partial charge in [0.05, 0.1) is 13.2 Å². The van der Waals surface area contributed by atoms with Crippen LogP contribution < -0.4 is 5.32 Å². The normalized spacial score (nSPS) is 12.8. The zero-order chi connectivity index (χ0) is 48.4. The van der Waals surface area contributed by atoms with Crippen molar-refractivity contribution in [2.75, 3.05) is 26.4 Å². The third-order valence-electron chi connectivity index (χ3n) is 12.3. The molecule has 0 aromatic rings. The van der Waals surface area contributed by atoms with E-state index in [0.29, 0.717) is 12.8 Å². The largest absolute Gasteiger partial charge is 0.481 e. The minimum absolute atomic E-state index is 0.0423. The highest BCUT2D eigenvalue weighted by Gasteiger charge is 2.26. The van der Waals surface area contributed by atoms with E-state index in [1.807, 2.05) is 0 Å². The van der Waals surface area contributed by atoms with Crippen LogP contribution in [-0.4, -0.2) is 66.3 Å². The van der Waals surface area contributed by atoms with Gasteiger partial charge in [0.2, 0.25) is 5.91 Å². The quantitative estimate of drug-likeness (QED) is 0.0301. The molecule has 3 N–H and O–H groups in total. The summed E-state index contributed by atoms with van der Waals surface area (Å²) in [5, 5.41) is 11.4. The Morgan fingerprint density at radius 1 is 0.439 bits per heavy atom. The van der Waals surface area contributed by atoms with Gasteiger partial charge < -0.3 is 24.8 Å². The number of nitrogens with one attached hydrogen (secondary N) is 1. The number of hydrogen-bond acceptors (Lipinski definition) is 9. The van der Waals surface area contributed by atoms with E-state index in [1.54, 1.807) is 0 Å². The standard InChI is InChI=1S/C53H102NO11P/c1-3-5-7-9-11-13-15-17-23-27-31-35-39-43-52(58)62-47-49(65-53(59)44-40-36-32-28-24-18-16-14-12-10-8-6-4-2)48-64-66(60,61)63-46-45-54-50(55)41-37-33-29-25-21-19-20-22-26-30-34-38-42-51(56)57/h49H,3-48H2,1-2H3,(H,54,55)(H,56,57)(H,60,61). The Morgan fingerprint density at radius 3 is 1.15 bits per heavy atom. The fourth-order valence-electron chi connectivity index (χ4n) is 8.18. The van der Waals surface area contributed by atoms with E-state index in [4.69, 9.17) is 23.6 Å². The lowest BCUT2D eigenvalue weighted by molar-refractivity contribution is -0.161. The molecule has 66 heavy (non-hydrogen) atoms. The highest BCUT2D eigenvalue weighted by molar-refractivity contribution is 7.47. The summed E-state index contributed by atoms with van der Waals surface area (Å²) in [4.78, 5) is 58.6. The van der Waals surface area contributed by atoms with E-state index in [-0.39, 0.29) is 44.9 Å². The van der Waals surface area contributed by atoms with Crippen LogP contribution in [0.15, 0.2) is 0 Å². The zero-order valence-corrected chi connectivity index (χ0v) is 43.5. The number of phosphoric ester groups is 1. The number of rotatable bonds is 53. The molecule has 1 amide bonds. The van der Waals surface area contributed by atoms with Gasteiger partial charge in [-0.1, -0.05) is 232 Å². The fourth-order valence-corrected chi connectivity index (χ4v) is 8.93. The number of aliphatic carboxylic acids is 1. The summed E-state index contributed by atoms with van der Waals surface area (Å²) in [6, 6.07) is 0. The van der Waals surface area contributed by atoms with Crippen molar-refractivity contribution in [1.29, 1.82) is 0 Å². The molecule has 0 aliphatic carbocycles. The van der Waals surface area contributed by atoms with Crippen molar-refractivity contribution in [2.45, 2.75) is 290 Å². The molecule has 2 unspecified atom stereocenters. The van der Waals surface area contributed by atoms with Crippen molar-refractivity contribution >= 4 is 31.6 Å². The highest BCUT2D eigenvalue weighted by Crippen LogP contribution is 2.43. The van der Waals surface area contributed by atoms with Gasteiger partial charge in [-0.3, -0.25) is 28.2 Å². The summed E-state index contributed by atoms with van der Waals surface area (Å²) in [7, 11) is -4.55. The van der Waals surface area contributed by atoms with Gasteiger partial charge in [0, 0.05) is 32.2 Å². The Morgan fingerprint density at radius 2 is 0.773 bits per heavy atom. The van der Waals surface area contributed by atoms with Gasteiger partial charge in [0.1, 0.15) is 6.61 Å². The van der Waals surface area contributed by atoms with Crippen LogP contribution >= 0.6 is 7.82 Å². The van der Waals surface area contributed by atoms with E-state index in [2.05, 4.69) is 19.2 Å². The summed E-state index contributed by atoms with van der Waals surface area (Å²) < 4.78 is 34.0. The van der Waals surface area contributed by atoms with Gasteiger partial charge in [-0.15, -0.1) is 0 Å². The monoisotopic (exact) mass is 960 g/mol. The van der Waals surface area contributed by atoms with Crippen LogP contribution in [-0.2, 0) is 42.3 Å². The number of amides is 1. The van der Waals surface area contributed by atoms with Crippen molar-refractivity contribution in [2.24, 2.45) is 0 Å². The van der Waals surface area contributed by atoms with Gasteiger partial charge in [-0.2, -0.15) is 0 Å². The third kappa shape index (κ3) is 49.9. The maximum atomic E-state index is 12.8. The zero-order valence-electron chi connectivity index (χ0n) is 42.6. The molecule has 0 heterocycles. The molecule has 0 bridgehead atoms. The molecule has 0 fully saturated rings. The van der Waals surface area contributed by atoms with Crippen LogP contribution in [0.25, 0.3) is 0 Å². The molecule has 390 valence electrons. The van der Waals surface area contributed by atoms with Crippen molar-refractivity contribution < 1.29 is 52.3 Å². The van der Waals surface area contributed by atoms with Crippen LogP contribution in [0.3, 0.4) is 0 Å². The third-order valence-corrected chi connectivity index (χ3v) is 13.3. The van der Waals surface area contributed by atoms with Gasteiger partial charge >= 0.3 is 25.7 Å². The number of phosphoric acid groups is 1. The van der Waals surface area contributed by atoms with E-state index < -0.39 is 38.4 Å². The first kappa shape index (κ1) is 64.0. The summed E-state index contributed by atoms with van der Waals surface area (Å²) >= 11 is 0. The van der Waals surface area contributed by atoms with E-state index in [0.717, 1.165) is 89.9 Å². The average molecular weight is 960 g/mol. The smallest absolute Gasteiger partial charge is 0.472 e. The van der Waals surface area contributed by atoms with Gasteiger partial charge in [-0.05, 0) is 25.7 Å². The van der Waals surface area contributed by atoms with Crippen LogP contribution in [0.1, 0.15) is 284 Å². The number of ether oxygens (including phenoxy) is 2. The molecule has 0 aromatic carbocycles. The number of unbranched alkanes of at least 4 members (excludes halogenated alkanes) is 35. The molecule has 0 radical (unpaired) electrons. The summed E-state index contributed by atoms with van der Waals surface area (Å²) in [5.41, 5.74) is 0. The molecule has 12 nitrogen and oxygen atoms in total. The Hall–Kier alpha value is -2.01. The van der Waals surface area contributed by atoms with Crippen LogP contribution in [0.4, 0.5) is 0 Å². The van der Waals surface area contributed by atoms with Gasteiger partial charge in [0.15, 0.2) is 6.10 Å². The Bertz CT molecular complexity index is 1170. The number of esters is 2. The Kier molecular flexibility index (Phi) is 47.9. The van der Waals surface area contributed by atoms with E-state index in [1.165, 1.54) is 148 Å². The number of carbonyl (C=O) groups is 4. The summed E-state index contributed by atoms with van der Waals surface area (Å²) in [5.74, 6) is -1.73. The molecular weight excluding hydrogens is 858 g/mol. The lowest BCUT2D eigenvalue weighted by atomic mass is 10.0. The molecular formula is C53H102NO11P. The van der Waals surface area contributed by atoms with Crippen molar-refractivity contribution in [3.8, 4) is 0 Å². The molecule has 0 saturated heterocycles. The topological polar surface area (TPSA) is 175 Å². The molecule has 0 saturated carbocycles. The summed E-state index contributed by atoms with van der Waals surface area (Å²) in [6.07, 6.45) is 44.0. The molecule has 0 spiro atoms. The first-order valence-corrected chi connectivity index (χ1v) is 29.0. The number of hydrogen-bond donors (Lipinski definition) is 3. The average Bonchev–Trinajstić information content (AvgIpc) is 3.29. The predicted octanol–water partition coefficient (Wildman–Crippen LogP) is 15.2. The van der Waals surface area contributed by atoms with Crippen molar-refractivity contribution in [3.63, 3.8) is 0 Å². The first-order valence-electron chi connectivity index (χ1n) is 27.5. The second kappa shape index (κ2) is 49.4. The molecule has 0 rings (SSSR count). The summed E-state index contributed by atoms with van der Waals surface area (Å²) in [6.45, 7) is 3.53. The lowest BCUT2D eigenvalue weighted by Crippen LogP contribution is -2.30. The number of carboxylic acid groups (broad SMARTS) is 1. The van der Waals surface area contributed by atoms with Crippen molar-refractivity contribution in [1.82, 2.24) is 5.32 Å². The van der Waals surface area contributed by atoms with E-state index in [9.17, 15) is 28.6 Å². The lowest BCUT2D eigenvalue weighted by Gasteiger charge is -2.20. The van der Waals surface area contributed by atoms with E-state index >= 15 is 0 Å². The minimum Gasteiger partial charge on any atom is -0.481 e. The van der Waals surface area contributed by atoms with Crippen LogP contribution in [0, 0.1) is 0 Å². The molecule has 0 aliphatic heterocycles. The molecule has 0 aliphatic rings. The second-order valence-corrected chi connectivity index (χ2v) is 20.3. The minimum atomic E-state index is -4.55. The second-order valence-electron chi connectivity index (χ2n) is 18.9. The first-order chi connectivity index (χ1) is 32.1. The SMILES string of the molecule is CCCCCCCCCCCCCCCC(=O)OCC(COP(=O)(O)OCCNC(=O)CCCCCCCCCCCCCCC(=O)O)OC(=O)CCCCCCCCCCCCCCC. The predicted molar refractivity (Wildman–Crippen MR) is 268 cm³/mol. The Balaban J connectivity index is 4.45. The number of carboxylic acids is 1. The van der Waals surface area contributed by atoms with Gasteiger partial charge in [0.25, 0.3) is 0 Å². The molecule has 2 atom stereocenters. The molecule has 0 aromatic heterocycles. The number of carbonyl (C=O) groups excluding carboxylic acids is 3. The Labute approximate surface area is 404 Å². The van der Waals surface area contributed by atoms with Gasteiger partial charge in [-0.25, -0.2) is 4.57 Å². The molecule has 13 heteroatoms. The fraction of sp³-hybridized carbons (Fsp3) is 0.925. The van der Waals surface area contributed by atoms with Crippen molar-refractivity contribution in [3.05, 3.63) is 0 Å².